The van der Waals surface area contributed by atoms with Crippen LogP contribution in [0.4, 0.5) is 0 Å². The first-order valence-corrected chi connectivity index (χ1v) is 8.50. The highest BCUT2D eigenvalue weighted by molar-refractivity contribution is 5.46. The molecule has 2 saturated heterocycles. The van der Waals surface area contributed by atoms with Crippen LogP contribution in [0.5, 0.6) is 5.75 Å². The monoisotopic (exact) mass is 287 g/mol. The van der Waals surface area contributed by atoms with E-state index in [1.54, 1.807) is 0 Å². The Morgan fingerprint density at radius 1 is 1.33 bits per heavy atom. The predicted molar refractivity (Wildman–Crippen MR) is 82.7 cm³/mol. The second-order valence-electron chi connectivity index (χ2n) is 6.64. The van der Waals surface area contributed by atoms with E-state index >= 15 is 0 Å². The summed E-state index contributed by atoms with van der Waals surface area (Å²) in [6.45, 7) is 4.12. The number of nitrogens with one attached hydrogen (secondary N) is 1. The van der Waals surface area contributed by atoms with Crippen molar-refractivity contribution in [2.75, 3.05) is 13.2 Å². The van der Waals surface area contributed by atoms with Gasteiger partial charge in [-0.3, -0.25) is 0 Å². The van der Waals surface area contributed by atoms with E-state index < -0.39 is 0 Å². The number of rotatable bonds is 5. The fraction of sp³-hybridized carbons (Fsp3) is 0.667. The summed E-state index contributed by atoms with van der Waals surface area (Å²) < 4.78 is 12.1. The Hall–Kier alpha value is -1.06. The van der Waals surface area contributed by atoms with E-state index in [9.17, 15) is 0 Å². The summed E-state index contributed by atoms with van der Waals surface area (Å²) in [6.07, 6.45) is 6.85. The standard InChI is InChI=1S/C18H25NO2/c1-2-9-19-17(15-11-13-6-7-16(15)21-13)14-5-3-4-12-8-10-20-18(12)14/h3-5,13,15-17,19H,2,6-11H2,1H3. The number of para-hydroxylation sites is 1. The van der Waals surface area contributed by atoms with E-state index in [4.69, 9.17) is 9.47 Å². The fourth-order valence-corrected chi connectivity index (χ4v) is 4.31. The van der Waals surface area contributed by atoms with Crippen LogP contribution in [0.1, 0.15) is 49.8 Å². The van der Waals surface area contributed by atoms with Crippen LogP contribution in [0, 0.1) is 5.92 Å². The van der Waals surface area contributed by atoms with E-state index in [1.807, 2.05) is 0 Å². The number of ether oxygens (including phenoxy) is 2. The van der Waals surface area contributed by atoms with Crippen molar-refractivity contribution in [3.63, 3.8) is 0 Å². The zero-order chi connectivity index (χ0) is 14.2. The number of fused-ring (bicyclic) bond motifs is 3. The van der Waals surface area contributed by atoms with Crippen molar-refractivity contribution in [3.05, 3.63) is 29.3 Å². The smallest absolute Gasteiger partial charge is 0.127 e. The van der Waals surface area contributed by atoms with Gasteiger partial charge in [0, 0.05) is 23.9 Å². The molecular formula is C18H25NO2. The molecule has 1 N–H and O–H groups in total. The third-order valence-electron chi connectivity index (χ3n) is 5.28. The second kappa shape index (κ2) is 5.62. The number of hydrogen-bond acceptors (Lipinski definition) is 3. The molecule has 0 amide bonds. The third-order valence-corrected chi connectivity index (χ3v) is 5.28. The van der Waals surface area contributed by atoms with Gasteiger partial charge in [0.25, 0.3) is 0 Å². The molecule has 0 spiro atoms. The molecule has 1 aromatic rings. The molecular weight excluding hydrogens is 262 g/mol. The lowest BCUT2D eigenvalue weighted by atomic mass is 9.80. The van der Waals surface area contributed by atoms with Crippen LogP contribution < -0.4 is 10.1 Å². The SMILES string of the molecule is CCCNC(c1cccc2c1OCC2)C1CC2CCC1O2. The molecule has 3 aliphatic rings. The van der Waals surface area contributed by atoms with Crippen LogP contribution in [-0.4, -0.2) is 25.4 Å². The lowest BCUT2D eigenvalue weighted by Gasteiger charge is -2.30. The molecule has 0 radical (unpaired) electrons. The highest BCUT2D eigenvalue weighted by Gasteiger charge is 2.45. The van der Waals surface area contributed by atoms with Crippen molar-refractivity contribution in [2.45, 2.75) is 57.3 Å². The van der Waals surface area contributed by atoms with Crippen molar-refractivity contribution in [1.29, 1.82) is 0 Å². The van der Waals surface area contributed by atoms with E-state index in [2.05, 4.69) is 30.4 Å². The Morgan fingerprint density at radius 3 is 3.05 bits per heavy atom. The molecule has 2 bridgehead atoms. The minimum absolute atomic E-state index is 0.383. The quantitative estimate of drug-likeness (QED) is 0.902. The lowest BCUT2D eigenvalue weighted by Crippen LogP contribution is -2.34. The number of hydrogen-bond donors (Lipinski definition) is 1. The minimum atomic E-state index is 0.383. The molecule has 3 nitrogen and oxygen atoms in total. The lowest BCUT2D eigenvalue weighted by molar-refractivity contribution is 0.0854. The fourth-order valence-electron chi connectivity index (χ4n) is 4.31. The van der Waals surface area contributed by atoms with Gasteiger partial charge >= 0.3 is 0 Å². The summed E-state index contributed by atoms with van der Waals surface area (Å²) in [7, 11) is 0. The molecule has 21 heavy (non-hydrogen) atoms. The summed E-state index contributed by atoms with van der Waals surface area (Å²) in [5, 5.41) is 3.78. The average Bonchev–Trinajstić information content (AvgIpc) is 3.23. The van der Waals surface area contributed by atoms with Gasteiger partial charge in [0.1, 0.15) is 5.75 Å². The largest absolute Gasteiger partial charge is 0.493 e. The first-order valence-electron chi connectivity index (χ1n) is 8.50. The van der Waals surface area contributed by atoms with Gasteiger partial charge in [-0.25, -0.2) is 0 Å². The van der Waals surface area contributed by atoms with Crippen LogP contribution in [0.15, 0.2) is 18.2 Å². The topological polar surface area (TPSA) is 30.5 Å². The second-order valence-corrected chi connectivity index (χ2v) is 6.64. The van der Waals surface area contributed by atoms with E-state index in [0.717, 1.165) is 31.7 Å². The van der Waals surface area contributed by atoms with Crippen LogP contribution >= 0.6 is 0 Å². The highest BCUT2D eigenvalue weighted by Crippen LogP contribution is 2.47. The Labute approximate surface area is 127 Å². The molecule has 3 heteroatoms. The van der Waals surface area contributed by atoms with Crippen LogP contribution in [0.2, 0.25) is 0 Å². The summed E-state index contributed by atoms with van der Waals surface area (Å²) in [5.41, 5.74) is 2.74. The molecule has 4 rings (SSSR count). The molecule has 0 saturated carbocycles. The maximum atomic E-state index is 6.11. The maximum Gasteiger partial charge on any atom is 0.127 e. The van der Waals surface area contributed by atoms with E-state index in [0.29, 0.717) is 24.2 Å². The molecule has 3 aliphatic heterocycles. The van der Waals surface area contributed by atoms with Gasteiger partial charge in [0.15, 0.2) is 0 Å². The predicted octanol–water partition coefficient (Wildman–Crippen LogP) is 3.23. The van der Waals surface area contributed by atoms with Crippen LogP contribution in [0.25, 0.3) is 0 Å². The Bertz CT molecular complexity index is 516. The van der Waals surface area contributed by atoms with Crippen LogP contribution in [-0.2, 0) is 11.2 Å². The van der Waals surface area contributed by atoms with Crippen LogP contribution in [0.3, 0.4) is 0 Å². The first-order chi connectivity index (χ1) is 10.4. The van der Waals surface area contributed by atoms with Crippen molar-refractivity contribution < 1.29 is 9.47 Å². The summed E-state index contributed by atoms with van der Waals surface area (Å²) in [5.74, 6) is 1.75. The molecule has 2 fully saturated rings. The van der Waals surface area contributed by atoms with Gasteiger partial charge in [0.2, 0.25) is 0 Å². The van der Waals surface area contributed by atoms with Gasteiger partial charge in [-0.15, -0.1) is 0 Å². The Kier molecular flexibility index (Phi) is 3.64. The molecule has 1 aromatic carbocycles. The van der Waals surface area contributed by atoms with Crippen molar-refractivity contribution >= 4 is 0 Å². The van der Waals surface area contributed by atoms with Crippen molar-refractivity contribution in [1.82, 2.24) is 5.32 Å². The van der Waals surface area contributed by atoms with E-state index in [1.165, 1.54) is 30.4 Å². The molecule has 3 heterocycles. The highest BCUT2D eigenvalue weighted by atomic mass is 16.5. The maximum absolute atomic E-state index is 6.11. The minimum Gasteiger partial charge on any atom is -0.493 e. The van der Waals surface area contributed by atoms with Gasteiger partial charge in [0.05, 0.1) is 18.8 Å². The summed E-state index contributed by atoms with van der Waals surface area (Å²) in [6, 6.07) is 7.04. The summed E-state index contributed by atoms with van der Waals surface area (Å²) in [4.78, 5) is 0. The van der Waals surface area contributed by atoms with E-state index in [-0.39, 0.29) is 0 Å². The normalized spacial score (nSPS) is 31.2. The van der Waals surface area contributed by atoms with Gasteiger partial charge in [-0.2, -0.15) is 0 Å². The molecule has 4 atom stereocenters. The summed E-state index contributed by atoms with van der Waals surface area (Å²) >= 11 is 0. The van der Waals surface area contributed by atoms with Gasteiger partial charge in [-0.05, 0) is 37.8 Å². The molecule has 0 aromatic heterocycles. The zero-order valence-corrected chi connectivity index (χ0v) is 12.8. The zero-order valence-electron chi connectivity index (χ0n) is 12.8. The molecule has 4 unspecified atom stereocenters. The van der Waals surface area contributed by atoms with Gasteiger partial charge < -0.3 is 14.8 Å². The number of benzene rings is 1. The Balaban J connectivity index is 1.65. The van der Waals surface area contributed by atoms with Gasteiger partial charge in [-0.1, -0.05) is 25.1 Å². The Morgan fingerprint density at radius 2 is 2.29 bits per heavy atom. The molecule has 114 valence electrons. The first kappa shape index (κ1) is 13.6. The van der Waals surface area contributed by atoms with Crippen molar-refractivity contribution in [3.8, 4) is 5.75 Å². The van der Waals surface area contributed by atoms with Crippen molar-refractivity contribution in [2.24, 2.45) is 5.92 Å². The third kappa shape index (κ3) is 2.36. The molecule has 0 aliphatic carbocycles. The average molecular weight is 287 g/mol.